The lowest BCUT2D eigenvalue weighted by atomic mass is 9.87. The van der Waals surface area contributed by atoms with Crippen molar-refractivity contribution in [2.75, 3.05) is 12.4 Å². The molecular weight excluding hydrogens is 330 g/mol. The van der Waals surface area contributed by atoms with Crippen LogP contribution in [0.3, 0.4) is 0 Å². The van der Waals surface area contributed by atoms with Crippen molar-refractivity contribution in [3.8, 4) is 5.75 Å². The lowest BCUT2D eigenvalue weighted by Gasteiger charge is -2.20. The number of methoxy groups -OCH3 is 1. The zero-order valence-electron chi connectivity index (χ0n) is 15.8. The molecule has 1 amide bonds. The van der Waals surface area contributed by atoms with Crippen molar-refractivity contribution in [3.05, 3.63) is 59.7 Å². The van der Waals surface area contributed by atoms with Gasteiger partial charge >= 0.3 is 5.97 Å². The highest BCUT2D eigenvalue weighted by molar-refractivity contribution is 6.02. The van der Waals surface area contributed by atoms with Gasteiger partial charge in [-0.1, -0.05) is 45.0 Å². The van der Waals surface area contributed by atoms with E-state index in [-0.39, 0.29) is 11.3 Å². The van der Waals surface area contributed by atoms with E-state index in [2.05, 4.69) is 26.1 Å². The summed E-state index contributed by atoms with van der Waals surface area (Å²) in [6.07, 6.45) is -0.721. The van der Waals surface area contributed by atoms with Gasteiger partial charge in [-0.2, -0.15) is 0 Å². The van der Waals surface area contributed by atoms with Crippen LogP contribution in [-0.2, 0) is 14.9 Å². The number of ether oxygens (including phenoxy) is 2. The summed E-state index contributed by atoms with van der Waals surface area (Å²) in [5.74, 6) is -0.240. The molecular formula is C21H25NO4. The monoisotopic (exact) mass is 355 g/mol. The summed E-state index contributed by atoms with van der Waals surface area (Å²) in [5, 5.41) is 2.72. The van der Waals surface area contributed by atoms with E-state index >= 15 is 0 Å². The maximum absolute atomic E-state index is 12.4. The van der Waals surface area contributed by atoms with E-state index in [9.17, 15) is 9.59 Å². The van der Waals surface area contributed by atoms with Crippen molar-refractivity contribution >= 4 is 17.6 Å². The summed E-state index contributed by atoms with van der Waals surface area (Å²) < 4.78 is 10.4. The second-order valence-electron chi connectivity index (χ2n) is 7.06. The number of amides is 1. The molecule has 0 fully saturated rings. The summed E-state index contributed by atoms with van der Waals surface area (Å²) in [6, 6.07) is 14.4. The van der Waals surface area contributed by atoms with Gasteiger partial charge in [0.2, 0.25) is 0 Å². The molecule has 0 aromatic heterocycles. The van der Waals surface area contributed by atoms with Crippen molar-refractivity contribution in [1.29, 1.82) is 0 Å². The summed E-state index contributed by atoms with van der Waals surface area (Å²) in [7, 11) is 1.30. The van der Waals surface area contributed by atoms with Crippen LogP contribution in [0.1, 0.15) is 43.6 Å². The topological polar surface area (TPSA) is 64.6 Å². The fraction of sp³-hybridized carbons (Fsp3) is 0.333. The van der Waals surface area contributed by atoms with Gasteiger partial charge in [-0.05, 0) is 42.2 Å². The molecule has 1 unspecified atom stereocenters. The van der Waals surface area contributed by atoms with Gasteiger partial charge < -0.3 is 14.8 Å². The smallest absolute Gasteiger partial charge is 0.339 e. The third kappa shape index (κ3) is 4.85. The van der Waals surface area contributed by atoms with E-state index in [4.69, 9.17) is 9.47 Å². The van der Waals surface area contributed by atoms with Crippen molar-refractivity contribution in [2.24, 2.45) is 0 Å². The minimum absolute atomic E-state index is 0.0547. The van der Waals surface area contributed by atoms with Crippen LogP contribution in [0.5, 0.6) is 5.75 Å². The Kier molecular flexibility index (Phi) is 6.03. The molecule has 2 aromatic carbocycles. The van der Waals surface area contributed by atoms with Crippen molar-refractivity contribution in [3.63, 3.8) is 0 Å². The summed E-state index contributed by atoms with van der Waals surface area (Å²) >= 11 is 0. The number of para-hydroxylation sites is 1. The molecule has 0 heterocycles. The number of anilines is 1. The number of esters is 1. The molecule has 0 radical (unpaired) electrons. The molecule has 1 N–H and O–H groups in total. The number of hydrogen-bond donors (Lipinski definition) is 1. The lowest BCUT2D eigenvalue weighted by molar-refractivity contribution is -0.122. The molecule has 0 saturated carbocycles. The number of benzene rings is 2. The Hall–Kier alpha value is -2.82. The number of nitrogens with one attached hydrogen (secondary N) is 1. The second kappa shape index (κ2) is 8.04. The molecule has 1 atom stereocenters. The lowest BCUT2D eigenvalue weighted by Crippen LogP contribution is -2.30. The molecule has 0 bridgehead atoms. The maximum atomic E-state index is 12.4. The number of carbonyl (C=O) groups excluding carboxylic acids is 2. The molecule has 5 nitrogen and oxygen atoms in total. The fourth-order valence-corrected chi connectivity index (χ4v) is 2.41. The summed E-state index contributed by atoms with van der Waals surface area (Å²) in [4.78, 5) is 24.2. The van der Waals surface area contributed by atoms with E-state index in [0.29, 0.717) is 17.0 Å². The molecule has 26 heavy (non-hydrogen) atoms. The maximum Gasteiger partial charge on any atom is 0.339 e. The van der Waals surface area contributed by atoms with Crippen molar-refractivity contribution in [1.82, 2.24) is 0 Å². The van der Waals surface area contributed by atoms with Crippen LogP contribution >= 0.6 is 0 Å². The minimum atomic E-state index is -0.721. The average molecular weight is 355 g/mol. The van der Waals surface area contributed by atoms with Crippen LogP contribution < -0.4 is 10.1 Å². The fourth-order valence-electron chi connectivity index (χ4n) is 2.41. The first kappa shape index (κ1) is 19.5. The SMILES string of the molecule is COC(=O)c1ccccc1NC(=O)C(C)Oc1ccc(C(C)(C)C)cc1. The van der Waals surface area contributed by atoms with Crippen molar-refractivity contribution < 1.29 is 19.1 Å². The Morgan fingerprint density at radius 2 is 1.62 bits per heavy atom. The Balaban J connectivity index is 2.06. The number of hydrogen-bond acceptors (Lipinski definition) is 4. The van der Waals surface area contributed by atoms with Crippen LogP contribution in [0.25, 0.3) is 0 Å². The van der Waals surface area contributed by atoms with Gasteiger partial charge in [-0.3, -0.25) is 4.79 Å². The van der Waals surface area contributed by atoms with Gasteiger partial charge in [0.15, 0.2) is 6.10 Å². The van der Waals surface area contributed by atoms with E-state index in [1.165, 1.54) is 12.7 Å². The number of carbonyl (C=O) groups is 2. The Morgan fingerprint density at radius 3 is 2.19 bits per heavy atom. The van der Waals surface area contributed by atoms with Crippen LogP contribution in [-0.4, -0.2) is 25.1 Å². The Labute approximate surface area is 154 Å². The highest BCUT2D eigenvalue weighted by atomic mass is 16.5. The molecule has 5 heteroatoms. The van der Waals surface area contributed by atoms with Crippen LogP contribution in [0.4, 0.5) is 5.69 Å². The van der Waals surface area contributed by atoms with Gasteiger partial charge in [0.1, 0.15) is 5.75 Å². The van der Waals surface area contributed by atoms with Gasteiger partial charge in [0.25, 0.3) is 5.91 Å². The van der Waals surface area contributed by atoms with Crippen LogP contribution in [0, 0.1) is 0 Å². The highest BCUT2D eigenvalue weighted by Gasteiger charge is 2.19. The van der Waals surface area contributed by atoms with Gasteiger partial charge in [-0.25, -0.2) is 4.79 Å². The minimum Gasteiger partial charge on any atom is -0.481 e. The quantitative estimate of drug-likeness (QED) is 0.817. The average Bonchev–Trinajstić information content (AvgIpc) is 2.61. The van der Waals surface area contributed by atoms with E-state index < -0.39 is 12.1 Å². The third-order valence-electron chi connectivity index (χ3n) is 3.99. The molecule has 2 aromatic rings. The van der Waals surface area contributed by atoms with Crippen molar-refractivity contribution in [2.45, 2.75) is 39.2 Å². The largest absolute Gasteiger partial charge is 0.481 e. The standard InChI is InChI=1S/C21H25NO4/c1-14(26-16-12-10-15(11-13-16)21(2,3)4)19(23)22-18-9-7-6-8-17(18)20(24)25-5/h6-14H,1-5H3,(H,22,23). The summed E-state index contributed by atoms with van der Waals surface area (Å²) in [5.41, 5.74) is 1.93. The first-order chi connectivity index (χ1) is 12.2. The Bertz CT molecular complexity index is 775. The normalized spacial score (nSPS) is 12.2. The molecule has 0 saturated heterocycles. The number of rotatable bonds is 5. The highest BCUT2D eigenvalue weighted by Crippen LogP contribution is 2.25. The van der Waals surface area contributed by atoms with Gasteiger partial charge in [-0.15, -0.1) is 0 Å². The predicted octanol–water partition coefficient (Wildman–Crippen LogP) is 4.18. The van der Waals surface area contributed by atoms with Crippen LogP contribution in [0.15, 0.2) is 48.5 Å². The first-order valence-corrected chi connectivity index (χ1v) is 8.48. The first-order valence-electron chi connectivity index (χ1n) is 8.48. The predicted molar refractivity (Wildman–Crippen MR) is 102 cm³/mol. The second-order valence-corrected chi connectivity index (χ2v) is 7.06. The van der Waals surface area contributed by atoms with Gasteiger partial charge in [0.05, 0.1) is 18.4 Å². The molecule has 138 valence electrons. The molecule has 0 aliphatic rings. The van der Waals surface area contributed by atoms with E-state index in [0.717, 1.165) is 0 Å². The van der Waals surface area contributed by atoms with Crippen LogP contribution in [0.2, 0.25) is 0 Å². The van der Waals surface area contributed by atoms with E-state index in [1.807, 2.05) is 24.3 Å². The Morgan fingerprint density at radius 1 is 1.00 bits per heavy atom. The zero-order valence-corrected chi connectivity index (χ0v) is 15.8. The molecule has 0 aliphatic carbocycles. The molecule has 0 aliphatic heterocycles. The van der Waals surface area contributed by atoms with E-state index in [1.54, 1.807) is 31.2 Å². The summed E-state index contributed by atoms with van der Waals surface area (Å²) in [6.45, 7) is 8.07. The molecule has 2 rings (SSSR count). The zero-order chi connectivity index (χ0) is 19.3. The molecule has 0 spiro atoms. The third-order valence-corrected chi connectivity index (χ3v) is 3.99. The van der Waals surface area contributed by atoms with Gasteiger partial charge in [0, 0.05) is 0 Å².